The Hall–Kier alpha value is -1.39. The summed E-state index contributed by atoms with van der Waals surface area (Å²) < 4.78 is 22.8. The number of nitrogens with zero attached hydrogens (tertiary/aromatic N) is 2. The average Bonchev–Trinajstić information content (AvgIpc) is 3.19. The number of hydrogen-bond acceptors (Lipinski definition) is 7. The average molecular weight is 372 g/mol. The van der Waals surface area contributed by atoms with Gasteiger partial charge in [0.25, 0.3) is 0 Å². The van der Waals surface area contributed by atoms with E-state index in [1.165, 1.54) is 11.8 Å². The Labute approximate surface area is 142 Å². The van der Waals surface area contributed by atoms with Crippen LogP contribution in [-0.4, -0.2) is 52.3 Å². The number of amides is 1. The molecular weight excluding hydrogens is 356 g/mol. The molecule has 124 valence electrons. The van der Waals surface area contributed by atoms with Gasteiger partial charge in [0.05, 0.1) is 21.6 Å². The summed E-state index contributed by atoms with van der Waals surface area (Å²) in [7, 11) is -3.00. The standard InChI is InChI=1S/C13H16N4O3S3/c1-8(12(18)14-9-4-6-23(19,20)7-9)22-13-15-11(16-17-13)10-3-2-5-21-10/h2-3,5,8-9H,4,6-7H2,1H3,(H,14,18)(H,15,16,17)/t8-,9-/m1/s1. The van der Waals surface area contributed by atoms with Gasteiger partial charge in [0, 0.05) is 6.04 Å². The van der Waals surface area contributed by atoms with Crippen molar-refractivity contribution in [2.24, 2.45) is 0 Å². The summed E-state index contributed by atoms with van der Waals surface area (Å²) in [6.07, 6.45) is 0.481. The van der Waals surface area contributed by atoms with Crippen molar-refractivity contribution in [1.29, 1.82) is 0 Å². The zero-order valence-corrected chi connectivity index (χ0v) is 14.8. The van der Waals surface area contributed by atoms with Crippen LogP contribution >= 0.6 is 23.1 Å². The van der Waals surface area contributed by atoms with Crippen molar-refractivity contribution in [1.82, 2.24) is 20.5 Å². The van der Waals surface area contributed by atoms with Crippen LogP contribution in [0.3, 0.4) is 0 Å². The molecule has 3 rings (SSSR count). The molecule has 1 aliphatic heterocycles. The van der Waals surface area contributed by atoms with Crippen molar-refractivity contribution in [3.05, 3.63) is 17.5 Å². The van der Waals surface area contributed by atoms with Gasteiger partial charge < -0.3 is 5.32 Å². The Bertz CT molecular complexity index is 785. The van der Waals surface area contributed by atoms with Gasteiger partial charge in [0.1, 0.15) is 0 Å². The van der Waals surface area contributed by atoms with Crippen molar-refractivity contribution >= 4 is 38.8 Å². The summed E-state index contributed by atoms with van der Waals surface area (Å²) >= 11 is 2.80. The van der Waals surface area contributed by atoms with Crippen LogP contribution in [0.1, 0.15) is 13.3 Å². The minimum Gasteiger partial charge on any atom is -0.351 e. The van der Waals surface area contributed by atoms with Gasteiger partial charge in [0.2, 0.25) is 11.1 Å². The van der Waals surface area contributed by atoms with E-state index in [2.05, 4.69) is 20.5 Å². The molecule has 0 aliphatic carbocycles. The lowest BCUT2D eigenvalue weighted by molar-refractivity contribution is -0.120. The minimum absolute atomic E-state index is 0.0271. The molecule has 1 fully saturated rings. The van der Waals surface area contributed by atoms with Crippen LogP contribution in [-0.2, 0) is 14.6 Å². The lowest BCUT2D eigenvalue weighted by atomic mass is 10.2. The molecule has 2 N–H and O–H groups in total. The highest BCUT2D eigenvalue weighted by atomic mass is 32.2. The van der Waals surface area contributed by atoms with Gasteiger partial charge in [-0.3, -0.25) is 9.89 Å². The Kier molecular flexibility index (Phi) is 4.74. The van der Waals surface area contributed by atoms with Crippen molar-refractivity contribution < 1.29 is 13.2 Å². The second-order valence-electron chi connectivity index (χ2n) is 5.31. The molecule has 0 unspecified atom stereocenters. The molecule has 10 heteroatoms. The first-order chi connectivity index (χ1) is 10.9. The molecule has 2 atom stereocenters. The molecule has 2 aromatic heterocycles. The van der Waals surface area contributed by atoms with Gasteiger partial charge in [-0.15, -0.1) is 16.4 Å². The van der Waals surface area contributed by atoms with E-state index in [0.29, 0.717) is 17.4 Å². The second kappa shape index (κ2) is 6.62. The largest absolute Gasteiger partial charge is 0.351 e. The lowest BCUT2D eigenvalue weighted by Gasteiger charge is -2.14. The maximum atomic E-state index is 12.2. The molecule has 0 aromatic carbocycles. The third-order valence-electron chi connectivity index (χ3n) is 3.45. The molecule has 0 radical (unpaired) electrons. The number of rotatable bonds is 5. The second-order valence-corrected chi connectivity index (χ2v) is 9.80. The molecule has 23 heavy (non-hydrogen) atoms. The molecule has 1 saturated heterocycles. The summed E-state index contributed by atoms with van der Waals surface area (Å²) in [5, 5.41) is 11.8. The van der Waals surface area contributed by atoms with E-state index < -0.39 is 15.1 Å². The maximum Gasteiger partial charge on any atom is 0.233 e. The van der Waals surface area contributed by atoms with E-state index in [1.807, 2.05) is 17.5 Å². The molecule has 1 amide bonds. The summed E-state index contributed by atoms with van der Waals surface area (Å²) in [5.74, 6) is 0.653. The predicted octanol–water partition coefficient (Wildman–Crippen LogP) is 1.32. The number of carbonyl (C=O) groups is 1. The number of thioether (sulfide) groups is 1. The zero-order valence-electron chi connectivity index (χ0n) is 12.4. The van der Waals surface area contributed by atoms with Crippen LogP contribution in [0.4, 0.5) is 0 Å². The Balaban J connectivity index is 1.56. The fourth-order valence-corrected chi connectivity index (χ4v) is 5.33. The van der Waals surface area contributed by atoms with Crippen LogP contribution in [0.15, 0.2) is 22.7 Å². The van der Waals surface area contributed by atoms with Crippen LogP contribution < -0.4 is 5.32 Å². The maximum absolute atomic E-state index is 12.2. The number of aromatic amines is 1. The van der Waals surface area contributed by atoms with Gasteiger partial charge in [-0.1, -0.05) is 17.8 Å². The highest BCUT2D eigenvalue weighted by Crippen LogP contribution is 2.25. The Morgan fingerprint density at radius 3 is 3.04 bits per heavy atom. The SMILES string of the molecule is C[C@@H](Sc1n[nH]c(-c2cccs2)n1)C(=O)N[C@@H]1CCS(=O)(=O)C1. The molecule has 0 saturated carbocycles. The third-order valence-corrected chi connectivity index (χ3v) is 7.06. The van der Waals surface area contributed by atoms with Gasteiger partial charge in [0.15, 0.2) is 15.7 Å². The van der Waals surface area contributed by atoms with Gasteiger partial charge in [-0.2, -0.15) is 0 Å². The minimum atomic E-state index is -3.00. The molecular formula is C13H16N4O3S3. The zero-order chi connectivity index (χ0) is 16.4. The number of sulfone groups is 1. The summed E-state index contributed by atoms with van der Waals surface area (Å²) in [5.41, 5.74) is 0. The van der Waals surface area contributed by atoms with Gasteiger partial charge in [-0.05, 0) is 24.8 Å². The van der Waals surface area contributed by atoms with E-state index in [9.17, 15) is 13.2 Å². The number of thiophene rings is 1. The monoisotopic (exact) mass is 372 g/mol. The van der Waals surface area contributed by atoms with E-state index in [0.717, 1.165) is 4.88 Å². The van der Waals surface area contributed by atoms with Crippen LogP contribution in [0.2, 0.25) is 0 Å². The molecule has 2 aromatic rings. The first-order valence-corrected chi connectivity index (χ1v) is 10.6. The normalized spacial score (nSPS) is 21.2. The van der Waals surface area contributed by atoms with Crippen molar-refractivity contribution in [2.45, 2.75) is 29.8 Å². The van der Waals surface area contributed by atoms with Crippen LogP contribution in [0, 0.1) is 0 Å². The van der Waals surface area contributed by atoms with E-state index in [-0.39, 0.29) is 23.5 Å². The number of carbonyl (C=O) groups excluding carboxylic acids is 1. The first-order valence-electron chi connectivity index (χ1n) is 7.07. The topological polar surface area (TPSA) is 105 Å². The summed E-state index contributed by atoms with van der Waals surface area (Å²) in [6, 6.07) is 3.58. The molecule has 1 aliphatic rings. The number of H-pyrrole nitrogens is 1. The Morgan fingerprint density at radius 2 is 2.39 bits per heavy atom. The summed E-state index contributed by atoms with van der Waals surface area (Å²) in [6.45, 7) is 1.75. The van der Waals surface area contributed by atoms with E-state index in [4.69, 9.17) is 0 Å². The lowest BCUT2D eigenvalue weighted by Crippen LogP contribution is -2.39. The quantitative estimate of drug-likeness (QED) is 0.767. The highest BCUT2D eigenvalue weighted by Gasteiger charge is 2.30. The number of nitrogens with one attached hydrogen (secondary N) is 2. The molecule has 3 heterocycles. The first kappa shape index (κ1) is 16.5. The fraction of sp³-hybridized carbons (Fsp3) is 0.462. The highest BCUT2D eigenvalue weighted by molar-refractivity contribution is 8.00. The summed E-state index contributed by atoms with van der Waals surface area (Å²) in [4.78, 5) is 17.5. The predicted molar refractivity (Wildman–Crippen MR) is 90.2 cm³/mol. The Morgan fingerprint density at radius 1 is 1.57 bits per heavy atom. The van der Waals surface area contributed by atoms with Crippen molar-refractivity contribution in [3.63, 3.8) is 0 Å². The number of hydrogen-bond donors (Lipinski definition) is 2. The van der Waals surface area contributed by atoms with E-state index >= 15 is 0 Å². The number of aromatic nitrogens is 3. The van der Waals surface area contributed by atoms with Crippen LogP contribution in [0.5, 0.6) is 0 Å². The van der Waals surface area contributed by atoms with Crippen molar-refractivity contribution in [3.8, 4) is 10.7 Å². The van der Waals surface area contributed by atoms with Gasteiger partial charge >= 0.3 is 0 Å². The molecule has 0 bridgehead atoms. The van der Waals surface area contributed by atoms with Crippen molar-refractivity contribution in [2.75, 3.05) is 11.5 Å². The van der Waals surface area contributed by atoms with Gasteiger partial charge in [-0.25, -0.2) is 13.4 Å². The smallest absolute Gasteiger partial charge is 0.233 e. The molecule has 7 nitrogen and oxygen atoms in total. The third kappa shape index (κ3) is 4.12. The van der Waals surface area contributed by atoms with E-state index in [1.54, 1.807) is 18.3 Å². The van der Waals surface area contributed by atoms with Crippen LogP contribution in [0.25, 0.3) is 10.7 Å². The fourth-order valence-electron chi connectivity index (χ4n) is 2.26. The molecule has 0 spiro atoms.